The SMILES string of the molecule is Cc1cc(C)cc(N=C2NC(=O)/C(=C\c3ccc(-c4ccc(Br)cc4)o3)S2)c1. The van der Waals surface area contributed by atoms with Crippen molar-refractivity contribution in [3.63, 3.8) is 0 Å². The first kappa shape index (κ1) is 18.8. The number of carbonyl (C=O) groups is 1. The Morgan fingerprint density at radius 3 is 2.46 bits per heavy atom. The number of thioether (sulfide) groups is 1. The molecule has 1 fully saturated rings. The van der Waals surface area contributed by atoms with Crippen molar-refractivity contribution in [3.05, 3.63) is 80.9 Å². The van der Waals surface area contributed by atoms with Crippen molar-refractivity contribution in [2.24, 2.45) is 4.99 Å². The number of benzene rings is 2. The van der Waals surface area contributed by atoms with E-state index in [0.717, 1.165) is 32.6 Å². The van der Waals surface area contributed by atoms with Gasteiger partial charge in [-0.1, -0.05) is 34.1 Å². The Morgan fingerprint density at radius 2 is 1.75 bits per heavy atom. The molecular weight excluding hydrogens is 436 g/mol. The van der Waals surface area contributed by atoms with E-state index in [2.05, 4.69) is 32.3 Å². The molecule has 3 aromatic rings. The van der Waals surface area contributed by atoms with Crippen LogP contribution in [0.25, 0.3) is 17.4 Å². The molecule has 1 N–H and O–H groups in total. The van der Waals surface area contributed by atoms with Gasteiger partial charge in [0.25, 0.3) is 5.91 Å². The first-order valence-electron chi connectivity index (χ1n) is 8.70. The number of hydrogen-bond donors (Lipinski definition) is 1. The second-order valence-electron chi connectivity index (χ2n) is 6.54. The van der Waals surface area contributed by atoms with E-state index in [-0.39, 0.29) is 5.91 Å². The van der Waals surface area contributed by atoms with Crippen molar-refractivity contribution in [3.8, 4) is 11.3 Å². The maximum Gasteiger partial charge on any atom is 0.264 e. The van der Waals surface area contributed by atoms with E-state index in [9.17, 15) is 4.79 Å². The van der Waals surface area contributed by atoms with E-state index in [1.54, 1.807) is 6.08 Å². The largest absolute Gasteiger partial charge is 0.457 e. The van der Waals surface area contributed by atoms with Gasteiger partial charge in [-0.3, -0.25) is 4.79 Å². The first-order chi connectivity index (χ1) is 13.5. The molecule has 28 heavy (non-hydrogen) atoms. The van der Waals surface area contributed by atoms with Crippen molar-refractivity contribution in [2.75, 3.05) is 0 Å². The quantitative estimate of drug-likeness (QED) is 0.480. The molecule has 1 aliphatic rings. The Labute approximate surface area is 175 Å². The average Bonchev–Trinajstić information content (AvgIpc) is 3.22. The Kier molecular flexibility index (Phi) is 5.24. The van der Waals surface area contributed by atoms with Crippen molar-refractivity contribution < 1.29 is 9.21 Å². The molecule has 4 rings (SSSR count). The lowest BCUT2D eigenvalue weighted by atomic mass is 10.1. The number of nitrogens with zero attached hydrogens (tertiary/aromatic N) is 1. The number of amides is 1. The molecule has 6 heteroatoms. The van der Waals surface area contributed by atoms with Crippen LogP contribution in [-0.4, -0.2) is 11.1 Å². The van der Waals surface area contributed by atoms with Crippen LogP contribution in [0.2, 0.25) is 0 Å². The molecule has 2 aromatic carbocycles. The normalized spacial score (nSPS) is 16.8. The molecule has 0 spiro atoms. The van der Waals surface area contributed by atoms with Gasteiger partial charge in [-0.25, -0.2) is 4.99 Å². The van der Waals surface area contributed by atoms with Gasteiger partial charge >= 0.3 is 0 Å². The topological polar surface area (TPSA) is 54.6 Å². The molecule has 0 radical (unpaired) electrons. The second kappa shape index (κ2) is 7.81. The van der Waals surface area contributed by atoms with Gasteiger partial charge in [0, 0.05) is 16.1 Å². The molecule has 4 nitrogen and oxygen atoms in total. The predicted octanol–water partition coefficient (Wildman–Crippen LogP) is 6.22. The van der Waals surface area contributed by atoms with Crippen LogP contribution >= 0.6 is 27.7 Å². The predicted molar refractivity (Wildman–Crippen MR) is 119 cm³/mol. The molecule has 1 saturated heterocycles. The van der Waals surface area contributed by atoms with Gasteiger partial charge in [-0.2, -0.15) is 0 Å². The van der Waals surface area contributed by atoms with Crippen molar-refractivity contribution in [1.29, 1.82) is 0 Å². The summed E-state index contributed by atoms with van der Waals surface area (Å²) in [6.45, 7) is 4.06. The zero-order valence-corrected chi connectivity index (χ0v) is 17.7. The summed E-state index contributed by atoms with van der Waals surface area (Å²) in [6, 6.07) is 17.7. The van der Waals surface area contributed by atoms with Gasteiger partial charge in [0.05, 0.1) is 10.6 Å². The Bertz CT molecular complexity index is 1090. The third-order valence-electron chi connectivity index (χ3n) is 4.12. The summed E-state index contributed by atoms with van der Waals surface area (Å²) in [4.78, 5) is 17.4. The number of hydrogen-bond acceptors (Lipinski definition) is 4. The highest BCUT2D eigenvalue weighted by Crippen LogP contribution is 2.30. The summed E-state index contributed by atoms with van der Waals surface area (Å²) < 4.78 is 6.89. The molecule has 0 unspecified atom stereocenters. The summed E-state index contributed by atoms with van der Waals surface area (Å²) in [5, 5.41) is 3.39. The fourth-order valence-electron chi connectivity index (χ4n) is 2.94. The molecule has 0 aliphatic carbocycles. The van der Waals surface area contributed by atoms with E-state index < -0.39 is 0 Å². The van der Waals surface area contributed by atoms with Crippen LogP contribution in [0.15, 0.2) is 73.4 Å². The van der Waals surface area contributed by atoms with Crippen molar-refractivity contribution in [2.45, 2.75) is 13.8 Å². The van der Waals surface area contributed by atoms with Crippen LogP contribution in [0.5, 0.6) is 0 Å². The number of carbonyl (C=O) groups excluding carboxylic acids is 1. The average molecular weight is 453 g/mol. The van der Waals surface area contributed by atoms with E-state index in [0.29, 0.717) is 15.8 Å². The molecule has 0 bridgehead atoms. The maximum absolute atomic E-state index is 12.3. The fourth-order valence-corrected chi connectivity index (χ4v) is 4.03. The van der Waals surface area contributed by atoms with Gasteiger partial charge in [0.1, 0.15) is 11.5 Å². The van der Waals surface area contributed by atoms with Crippen molar-refractivity contribution >= 4 is 50.5 Å². The summed E-state index contributed by atoms with van der Waals surface area (Å²) in [7, 11) is 0. The van der Waals surface area contributed by atoms with E-state index in [1.165, 1.54) is 11.8 Å². The van der Waals surface area contributed by atoms with Crippen LogP contribution in [0.4, 0.5) is 5.69 Å². The van der Waals surface area contributed by atoms with E-state index in [1.807, 2.05) is 62.4 Å². The number of halogens is 1. The number of furan rings is 1. The molecule has 1 amide bonds. The minimum Gasteiger partial charge on any atom is -0.457 e. The minimum atomic E-state index is -0.172. The zero-order valence-electron chi connectivity index (χ0n) is 15.3. The molecule has 140 valence electrons. The smallest absolute Gasteiger partial charge is 0.264 e. The maximum atomic E-state index is 12.3. The standard InChI is InChI=1S/C22H17BrN2O2S/c1-13-9-14(2)11-17(10-13)24-22-25-21(26)20(28-22)12-18-7-8-19(27-18)15-3-5-16(23)6-4-15/h3-12H,1-2H3,(H,24,25,26)/b20-12+. The van der Waals surface area contributed by atoms with Gasteiger partial charge in [-0.05, 0) is 73.1 Å². The van der Waals surface area contributed by atoms with Crippen LogP contribution < -0.4 is 5.32 Å². The molecular formula is C22H17BrN2O2S. The molecule has 0 saturated carbocycles. The monoisotopic (exact) mass is 452 g/mol. The van der Waals surface area contributed by atoms with Gasteiger partial charge in [0.15, 0.2) is 5.17 Å². The van der Waals surface area contributed by atoms with E-state index >= 15 is 0 Å². The van der Waals surface area contributed by atoms with Crippen LogP contribution in [0, 0.1) is 13.8 Å². The fraction of sp³-hybridized carbons (Fsp3) is 0.0909. The number of aliphatic imine (C=N–C) groups is 1. The first-order valence-corrected chi connectivity index (χ1v) is 10.3. The van der Waals surface area contributed by atoms with Crippen molar-refractivity contribution in [1.82, 2.24) is 5.32 Å². The third-order valence-corrected chi connectivity index (χ3v) is 5.56. The van der Waals surface area contributed by atoms with Gasteiger partial charge < -0.3 is 9.73 Å². The van der Waals surface area contributed by atoms with Crippen LogP contribution in [0.1, 0.15) is 16.9 Å². The lowest BCUT2D eigenvalue weighted by Crippen LogP contribution is -2.19. The van der Waals surface area contributed by atoms with E-state index in [4.69, 9.17) is 4.42 Å². The number of rotatable bonds is 3. The minimum absolute atomic E-state index is 0.172. The van der Waals surface area contributed by atoms with Gasteiger partial charge in [0.2, 0.25) is 0 Å². The van der Waals surface area contributed by atoms with Gasteiger partial charge in [-0.15, -0.1) is 0 Å². The highest BCUT2D eigenvalue weighted by Gasteiger charge is 2.24. The van der Waals surface area contributed by atoms with Crippen LogP contribution in [0.3, 0.4) is 0 Å². The van der Waals surface area contributed by atoms with Crippen LogP contribution in [-0.2, 0) is 4.79 Å². The Morgan fingerprint density at radius 1 is 1.04 bits per heavy atom. The summed E-state index contributed by atoms with van der Waals surface area (Å²) in [6.07, 6.45) is 1.74. The summed E-state index contributed by atoms with van der Waals surface area (Å²) in [5.41, 5.74) is 4.09. The third kappa shape index (κ3) is 4.29. The zero-order chi connectivity index (χ0) is 19.7. The Balaban J connectivity index is 1.55. The lowest BCUT2D eigenvalue weighted by molar-refractivity contribution is -0.115. The summed E-state index contributed by atoms with van der Waals surface area (Å²) >= 11 is 4.74. The number of aryl methyl sites for hydroxylation is 2. The molecule has 1 aromatic heterocycles. The lowest BCUT2D eigenvalue weighted by Gasteiger charge is -2.00. The molecule has 2 heterocycles. The molecule has 1 aliphatic heterocycles. The highest BCUT2D eigenvalue weighted by atomic mass is 79.9. The number of nitrogens with one attached hydrogen (secondary N) is 1. The summed E-state index contributed by atoms with van der Waals surface area (Å²) in [5.74, 6) is 1.21. The highest BCUT2D eigenvalue weighted by molar-refractivity contribution is 9.10. The second-order valence-corrected chi connectivity index (χ2v) is 8.48. The Hall–Kier alpha value is -2.57. The molecule has 0 atom stereocenters. The number of amidine groups is 1.